The van der Waals surface area contributed by atoms with Crippen molar-refractivity contribution in [3.8, 4) is 33.4 Å². The van der Waals surface area contributed by atoms with Crippen LogP contribution >= 0.6 is 81.9 Å². The van der Waals surface area contributed by atoms with Crippen LogP contribution in [0, 0.1) is 35.5 Å². The minimum atomic E-state index is -4.22. The summed E-state index contributed by atoms with van der Waals surface area (Å²) in [6.45, 7) is 2.59. The van der Waals surface area contributed by atoms with Gasteiger partial charge in [-0.25, -0.2) is 9.28 Å². The monoisotopic (exact) mass is 1870 g/mol. The number of amides is 6. The number of likely N-dealkylation sites (tertiary alicyclic amines) is 6. The van der Waals surface area contributed by atoms with E-state index in [2.05, 4.69) is 4.89 Å². The molecular weight excluding hydrogens is 1770 g/mol. The lowest BCUT2D eigenvalue weighted by Gasteiger charge is -2.34. The smallest absolute Gasteiger partial charge is 0.391 e. The largest absolute Gasteiger partial charge is 0.393 e. The fourth-order valence-corrected chi connectivity index (χ4v) is 21.4. The van der Waals surface area contributed by atoms with Crippen molar-refractivity contribution < 1.29 is 91.2 Å². The van der Waals surface area contributed by atoms with E-state index in [1.807, 2.05) is 26.8 Å². The molecule has 3 aliphatic carbocycles. The summed E-state index contributed by atoms with van der Waals surface area (Å²) >= 11 is 40.9. The average molecular weight is 1870 g/mol. The summed E-state index contributed by atoms with van der Waals surface area (Å²) in [5.74, 6) is -5.16. The third-order valence-corrected chi connectivity index (χ3v) is 29.1. The van der Waals surface area contributed by atoms with Crippen molar-refractivity contribution in [3.63, 3.8) is 0 Å². The van der Waals surface area contributed by atoms with Gasteiger partial charge in [-0.3, -0.25) is 33.0 Å². The molecule has 1 N–H and O–H groups in total. The Morgan fingerprint density at radius 3 is 0.887 bits per heavy atom. The molecule has 9 fully saturated rings. The molecule has 6 heterocycles. The number of hydrogen-bond acceptors (Lipinski definition) is 11. The van der Waals surface area contributed by atoms with Gasteiger partial charge in [-0.2, -0.15) is 39.5 Å². The van der Waals surface area contributed by atoms with E-state index in [0.29, 0.717) is 123 Å². The molecular formula is C91H100Cl6F10N6O10S. The van der Waals surface area contributed by atoms with Gasteiger partial charge in [0.15, 0.2) is 12.3 Å². The molecule has 0 aromatic heterocycles. The maximum absolute atomic E-state index is 13.5. The molecule has 0 unspecified atom stereocenters. The Morgan fingerprint density at radius 1 is 0.371 bits per heavy atom. The van der Waals surface area contributed by atoms with Gasteiger partial charge >= 0.3 is 18.5 Å². The quantitative estimate of drug-likeness (QED) is 0.0269. The minimum absolute atomic E-state index is 0.0668. The number of carbonyl (C=O) groups is 6. The van der Waals surface area contributed by atoms with Gasteiger partial charge in [0, 0.05) is 142 Å². The van der Waals surface area contributed by atoms with Crippen LogP contribution in [0.5, 0.6) is 0 Å². The van der Waals surface area contributed by atoms with Gasteiger partial charge < -0.3 is 34.5 Å². The summed E-state index contributed by atoms with van der Waals surface area (Å²) in [6.07, 6.45) is -1.59. The van der Waals surface area contributed by atoms with Gasteiger partial charge in [-0.15, -0.1) is 4.33 Å². The predicted molar refractivity (Wildman–Crippen MR) is 459 cm³/mol. The highest BCUT2D eigenvalue weighted by atomic mass is 35.5. The highest BCUT2D eigenvalue weighted by molar-refractivity contribution is 7.89. The van der Waals surface area contributed by atoms with Crippen molar-refractivity contribution in [2.24, 2.45) is 35.5 Å². The third-order valence-electron chi connectivity index (χ3n) is 26.5. The Morgan fingerprint density at radius 2 is 0.629 bits per heavy atom. The summed E-state index contributed by atoms with van der Waals surface area (Å²) < 4.78 is 140. The van der Waals surface area contributed by atoms with Gasteiger partial charge in [-0.05, 0) is 277 Å². The summed E-state index contributed by atoms with van der Waals surface area (Å²) in [5.41, 5.74) is 8.09. The molecule has 6 aromatic rings. The average Bonchev–Trinajstić information content (AvgIpc) is 1.53. The van der Waals surface area contributed by atoms with E-state index in [9.17, 15) is 77.8 Å². The number of piperidine rings is 3. The highest BCUT2D eigenvalue weighted by Gasteiger charge is 2.47. The van der Waals surface area contributed by atoms with Crippen LogP contribution in [0.2, 0.25) is 30.1 Å². The molecule has 6 saturated heterocycles. The van der Waals surface area contributed by atoms with Crippen molar-refractivity contribution in [2.75, 3.05) is 66.0 Å². The van der Waals surface area contributed by atoms with Crippen molar-refractivity contribution in [3.05, 3.63) is 173 Å². The lowest BCUT2D eigenvalue weighted by Crippen LogP contribution is -2.42. The topological polar surface area (TPSA) is 170 Å². The Balaban J connectivity index is 0.000000160. The lowest BCUT2D eigenvalue weighted by molar-refractivity contribution is -0.184. The molecule has 672 valence electrons. The number of hydrogen-bond donors (Lipinski definition) is 1. The first-order valence-corrected chi connectivity index (χ1v) is 45.6. The van der Waals surface area contributed by atoms with Crippen LogP contribution in [-0.2, 0) is 47.1 Å². The van der Waals surface area contributed by atoms with E-state index >= 15 is 0 Å². The summed E-state index contributed by atoms with van der Waals surface area (Å²) in [7, 11) is 1.42. The normalized spacial score (nSPS) is 24.1. The molecule has 3 saturated carbocycles. The maximum atomic E-state index is 13.5. The molecule has 0 bridgehead atoms. The maximum Gasteiger partial charge on any atom is 0.391 e. The van der Waals surface area contributed by atoms with E-state index in [0.717, 1.165) is 121 Å². The first kappa shape index (κ1) is 95.0. The lowest BCUT2D eigenvalue weighted by atomic mass is 9.92. The van der Waals surface area contributed by atoms with E-state index < -0.39 is 42.5 Å². The number of alkyl halides is 10. The molecule has 124 heavy (non-hydrogen) atoms. The van der Waals surface area contributed by atoms with E-state index in [1.54, 1.807) is 97.1 Å². The fraction of sp³-hybridized carbons (Fsp3) is 0.538. The van der Waals surface area contributed by atoms with Crippen LogP contribution in [-0.4, -0.2) is 191 Å². The van der Waals surface area contributed by atoms with Gasteiger partial charge in [0.2, 0.25) is 17.7 Å². The third kappa shape index (κ3) is 23.5. The Labute approximate surface area is 749 Å². The van der Waals surface area contributed by atoms with Gasteiger partial charge in [0.1, 0.15) is 6.17 Å². The van der Waals surface area contributed by atoms with E-state index in [-0.39, 0.29) is 161 Å². The highest BCUT2D eigenvalue weighted by Crippen LogP contribution is 2.45. The Hall–Kier alpha value is -6.63. The number of benzene rings is 6. The number of carbonyl (C=O) groups excluding carboxylic acids is 6. The van der Waals surface area contributed by atoms with Crippen molar-refractivity contribution >= 4 is 117 Å². The molecule has 6 aliphatic heterocycles. The predicted octanol–water partition coefficient (Wildman–Crippen LogP) is 22.5. The van der Waals surface area contributed by atoms with Crippen molar-refractivity contribution in [1.29, 1.82) is 0 Å². The van der Waals surface area contributed by atoms with Gasteiger partial charge in [-0.1, -0.05) is 106 Å². The van der Waals surface area contributed by atoms with Crippen LogP contribution in [0.4, 0.5) is 43.9 Å². The van der Waals surface area contributed by atoms with E-state index in [4.69, 9.17) is 78.1 Å². The molecule has 0 spiro atoms. The second-order valence-electron chi connectivity index (χ2n) is 34.2. The molecule has 3 atom stereocenters. The summed E-state index contributed by atoms with van der Waals surface area (Å²) in [6, 6.07) is 31.9. The van der Waals surface area contributed by atoms with Gasteiger partial charge in [0.25, 0.3) is 17.7 Å². The number of aliphatic hydroxyl groups excluding tert-OH is 1. The van der Waals surface area contributed by atoms with Gasteiger partial charge in [0.05, 0.1) is 37.1 Å². The zero-order chi connectivity index (χ0) is 88.6. The molecule has 16 nitrogen and oxygen atoms in total. The fourth-order valence-electron chi connectivity index (χ4n) is 19.0. The zero-order valence-corrected chi connectivity index (χ0v) is 73.8. The minimum Gasteiger partial charge on any atom is -0.393 e. The van der Waals surface area contributed by atoms with Crippen LogP contribution in [0.25, 0.3) is 33.4 Å². The molecule has 33 heteroatoms. The first-order chi connectivity index (χ1) is 59.1. The second-order valence-corrected chi connectivity index (χ2v) is 37.1. The molecule has 15 rings (SSSR count). The van der Waals surface area contributed by atoms with Crippen LogP contribution in [0.3, 0.4) is 0 Å². The summed E-state index contributed by atoms with van der Waals surface area (Å²) in [4.78, 5) is 93.0. The van der Waals surface area contributed by atoms with E-state index in [1.165, 1.54) is 21.8 Å². The molecule has 0 radical (unpaired) electrons. The Bertz CT molecular complexity index is 4460. The molecule has 6 amide bonds. The van der Waals surface area contributed by atoms with Crippen molar-refractivity contribution in [2.45, 2.75) is 209 Å². The van der Waals surface area contributed by atoms with Crippen LogP contribution in [0.1, 0.15) is 183 Å². The molecule has 6 aromatic carbocycles. The number of rotatable bonds is 19. The first-order valence-electron chi connectivity index (χ1n) is 42.7. The number of aliphatic hydroxyl groups is 1. The Kier molecular flexibility index (Phi) is 32.1. The second kappa shape index (κ2) is 41.9. The number of nitrogens with zero attached hydrogens (tertiary/aromatic N) is 6. The van der Waals surface area contributed by atoms with Crippen LogP contribution < -0.4 is 0 Å². The van der Waals surface area contributed by atoms with Crippen LogP contribution in [0.15, 0.2) is 109 Å². The molecule has 9 aliphatic rings. The van der Waals surface area contributed by atoms with Crippen molar-refractivity contribution in [1.82, 2.24) is 29.4 Å². The SMILES string of the molecule is COOSOC1CCC(N2CC[C@@H](Cc3c(Cl)cc(-c4ccc(C(=O)N5CCC(C(F)(F)F)CC5)cc4)cc3Cl)C2=O)CC1.O=C(c1ccc(-c2cc(Cl)c(C[C@@H]3CCN(C4CCC(F)CC4)C3=O)c(Cl)c2)cc1)N1CCC(C(F)(F)F)CC1.O=C(c1ccc(-c2cc(Cl)c(C[C@@H]3CCN(C4CCC(O)CC4)C3=O)c(Cl)c2)cc1)N1CCC(C(F)(F)F)CC1. The standard InChI is InChI=1S/C31H35Cl2F3N2O5S.C30H32Cl2F4N2O2.C30H33Cl2F3N2O3/c1-41-43-44-42-25-8-6-24(7-9-25)38-15-10-21(30(38)40)16-26-27(32)17-22(18-28(26)33)19-2-4-20(5-3-19)29(39)37-13-11-23(12-14-37)31(34,35)36;31-26-16-21(18-1-3-19(4-2-18)28(39)37-12-10-22(11-13-37)30(34,35)36)17-27(32)25(26)15-20-9-14-38(29(20)40)24-7-5-23(33)6-8-24;31-26-16-21(18-1-3-19(4-2-18)28(39)36-12-10-22(11-13-36)30(33,34)35)17-27(32)25(26)15-20-9-14-37(29(20)40)23-5-7-24(38)8-6-23/h2-5,17-18,21,23-25H,6-16H2,1H3;1-4,16-17,20,22-24H,5-15H2;1-4,16-17,20,22-24,38H,5-15H2/t21-,24?,25?;2*20-,23?,24?/m000/s1. The summed E-state index contributed by atoms with van der Waals surface area (Å²) in [5, 5.41) is 12.6. The number of halogens is 16. The zero-order valence-electron chi connectivity index (χ0n) is 68.4.